The van der Waals surface area contributed by atoms with Gasteiger partial charge in [0.25, 0.3) is 0 Å². The first kappa shape index (κ1) is 10.2. The van der Waals surface area contributed by atoms with Crippen LogP contribution in [0.4, 0.5) is 0 Å². The highest BCUT2D eigenvalue weighted by atomic mass is 32.2. The highest BCUT2D eigenvalue weighted by Crippen LogP contribution is 2.58. The Bertz CT molecular complexity index is 477. The lowest BCUT2D eigenvalue weighted by Gasteiger charge is -2.10. The Labute approximate surface area is 97.5 Å². The molecular formula is C13H14O2S. The summed E-state index contributed by atoms with van der Waals surface area (Å²) in [6, 6.07) is 7.70. The van der Waals surface area contributed by atoms with Crippen molar-refractivity contribution in [3.63, 3.8) is 0 Å². The van der Waals surface area contributed by atoms with Crippen molar-refractivity contribution in [2.75, 3.05) is 0 Å². The predicted molar refractivity (Wildman–Crippen MR) is 62.7 cm³/mol. The molecular weight excluding hydrogens is 220 g/mol. The molecule has 0 aliphatic heterocycles. The van der Waals surface area contributed by atoms with Crippen LogP contribution in [0, 0.1) is 12.8 Å². The monoisotopic (exact) mass is 234 g/mol. The number of fused-ring (bicyclic) bond motifs is 1. The van der Waals surface area contributed by atoms with Crippen molar-refractivity contribution in [1.29, 1.82) is 0 Å². The quantitative estimate of drug-likeness (QED) is 0.786. The zero-order valence-electron chi connectivity index (χ0n) is 9.23. The van der Waals surface area contributed by atoms with E-state index in [4.69, 9.17) is 0 Å². The van der Waals surface area contributed by atoms with Crippen LogP contribution in [0.3, 0.4) is 0 Å². The zero-order chi connectivity index (χ0) is 11.3. The van der Waals surface area contributed by atoms with E-state index in [-0.39, 0.29) is 5.78 Å². The van der Waals surface area contributed by atoms with E-state index in [1.807, 2.05) is 31.2 Å². The largest absolute Gasteiger partial charge is 0.298 e. The highest BCUT2D eigenvalue weighted by molar-refractivity contribution is 7.87. The fraction of sp³-hybridized carbons (Fsp3) is 0.462. The van der Waals surface area contributed by atoms with Crippen LogP contribution in [-0.2, 0) is 15.6 Å². The normalized spacial score (nSPS) is 33.6. The minimum Gasteiger partial charge on any atom is -0.298 e. The van der Waals surface area contributed by atoms with Crippen molar-refractivity contribution in [2.24, 2.45) is 5.92 Å². The molecule has 0 radical (unpaired) electrons. The van der Waals surface area contributed by atoms with Gasteiger partial charge in [-0.05, 0) is 37.8 Å². The number of carbonyl (C=O) groups excluding carboxylic acids is 1. The predicted octanol–water partition coefficient (Wildman–Crippen LogP) is 2.22. The summed E-state index contributed by atoms with van der Waals surface area (Å²) in [6.07, 6.45) is 2.41. The number of ketones is 1. The Morgan fingerprint density at radius 3 is 2.50 bits per heavy atom. The number of carbonyl (C=O) groups is 1. The Morgan fingerprint density at radius 2 is 2.00 bits per heavy atom. The van der Waals surface area contributed by atoms with Crippen molar-refractivity contribution >= 4 is 16.6 Å². The fourth-order valence-electron chi connectivity index (χ4n) is 2.70. The summed E-state index contributed by atoms with van der Waals surface area (Å²) in [5.74, 6) is 0.610. The number of aryl methyl sites for hydroxylation is 1. The Balaban J connectivity index is 1.94. The van der Waals surface area contributed by atoms with Crippen LogP contribution in [-0.4, -0.2) is 14.7 Å². The maximum absolute atomic E-state index is 12.4. The van der Waals surface area contributed by atoms with Crippen LogP contribution in [0.15, 0.2) is 29.2 Å². The van der Waals surface area contributed by atoms with Gasteiger partial charge in [-0.3, -0.25) is 9.00 Å². The molecule has 0 heterocycles. The van der Waals surface area contributed by atoms with Crippen LogP contribution >= 0.6 is 0 Å². The van der Waals surface area contributed by atoms with Crippen LogP contribution in [0.2, 0.25) is 0 Å². The molecule has 1 aromatic rings. The van der Waals surface area contributed by atoms with Crippen molar-refractivity contribution in [1.82, 2.24) is 0 Å². The highest BCUT2D eigenvalue weighted by Gasteiger charge is 2.67. The van der Waals surface area contributed by atoms with Gasteiger partial charge >= 0.3 is 0 Å². The van der Waals surface area contributed by atoms with Crippen LogP contribution in [0.5, 0.6) is 0 Å². The van der Waals surface area contributed by atoms with Gasteiger partial charge in [0, 0.05) is 11.3 Å². The number of benzene rings is 1. The van der Waals surface area contributed by atoms with Crippen molar-refractivity contribution in [2.45, 2.75) is 35.8 Å². The second-order valence-electron chi connectivity index (χ2n) is 4.83. The maximum atomic E-state index is 12.4. The summed E-state index contributed by atoms with van der Waals surface area (Å²) >= 11 is 0. The lowest BCUT2D eigenvalue weighted by Crippen LogP contribution is -2.26. The average Bonchev–Trinajstić information content (AvgIpc) is 2.94. The molecule has 3 rings (SSSR count). The first-order chi connectivity index (χ1) is 7.64. The van der Waals surface area contributed by atoms with E-state index in [0.717, 1.165) is 23.3 Å². The molecule has 0 aromatic heterocycles. The van der Waals surface area contributed by atoms with Crippen LogP contribution in [0.1, 0.15) is 24.8 Å². The summed E-state index contributed by atoms with van der Waals surface area (Å²) in [5, 5.41) is 0. The maximum Gasteiger partial charge on any atom is 0.152 e. The van der Waals surface area contributed by atoms with E-state index in [2.05, 4.69) is 0 Å². The third-order valence-electron chi connectivity index (χ3n) is 3.81. The Morgan fingerprint density at radius 1 is 1.31 bits per heavy atom. The van der Waals surface area contributed by atoms with E-state index in [9.17, 15) is 9.00 Å². The van der Waals surface area contributed by atoms with E-state index < -0.39 is 15.5 Å². The molecule has 2 aliphatic carbocycles. The summed E-state index contributed by atoms with van der Waals surface area (Å²) in [6.45, 7) is 2.01. The molecule has 84 valence electrons. The zero-order valence-corrected chi connectivity index (χ0v) is 10.0. The Kier molecular flexibility index (Phi) is 2.08. The number of rotatable bonds is 2. The molecule has 0 amide bonds. The average molecular weight is 234 g/mol. The van der Waals surface area contributed by atoms with Gasteiger partial charge in [-0.2, -0.15) is 0 Å². The molecule has 3 heteroatoms. The van der Waals surface area contributed by atoms with Gasteiger partial charge < -0.3 is 0 Å². The smallest absolute Gasteiger partial charge is 0.152 e. The Hall–Kier alpha value is -0.960. The SMILES string of the molecule is Cc1ccc(S(=O)[C@]23C[C@H]2CCC3=O)cc1. The third-order valence-corrected chi connectivity index (χ3v) is 5.90. The van der Waals surface area contributed by atoms with E-state index >= 15 is 0 Å². The standard InChI is InChI=1S/C13H14O2S/c1-9-2-5-11(6-3-9)16(15)13-8-10(13)4-7-12(13)14/h2-3,5-6,10H,4,7-8H2,1H3/t10-,13-,16?/m1/s1. The van der Waals surface area contributed by atoms with Gasteiger partial charge in [0.05, 0.1) is 10.8 Å². The van der Waals surface area contributed by atoms with Crippen LogP contribution < -0.4 is 0 Å². The van der Waals surface area contributed by atoms with Gasteiger partial charge in [-0.1, -0.05) is 17.7 Å². The van der Waals surface area contributed by atoms with E-state index in [0.29, 0.717) is 12.3 Å². The molecule has 1 aromatic carbocycles. The van der Waals surface area contributed by atoms with E-state index in [1.165, 1.54) is 0 Å². The summed E-state index contributed by atoms with van der Waals surface area (Å²) in [4.78, 5) is 12.6. The second-order valence-corrected chi connectivity index (χ2v) is 6.57. The molecule has 0 bridgehead atoms. The van der Waals surface area contributed by atoms with Crippen molar-refractivity contribution < 1.29 is 9.00 Å². The summed E-state index contributed by atoms with van der Waals surface area (Å²) in [5.41, 5.74) is 1.16. The molecule has 2 aliphatic rings. The minimum atomic E-state index is -1.14. The number of hydrogen-bond acceptors (Lipinski definition) is 2. The summed E-state index contributed by atoms with van der Waals surface area (Å²) < 4.78 is 11.9. The molecule has 3 atom stereocenters. The summed E-state index contributed by atoms with van der Waals surface area (Å²) in [7, 11) is -1.14. The molecule has 2 nitrogen and oxygen atoms in total. The topological polar surface area (TPSA) is 34.1 Å². The van der Waals surface area contributed by atoms with Crippen molar-refractivity contribution in [3.05, 3.63) is 29.8 Å². The number of hydrogen-bond donors (Lipinski definition) is 0. The third kappa shape index (κ3) is 1.24. The van der Waals surface area contributed by atoms with Crippen molar-refractivity contribution in [3.8, 4) is 0 Å². The van der Waals surface area contributed by atoms with Gasteiger partial charge in [0.1, 0.15) is 4.75 Å². The minimum absolute atomic E-state index is 0.219. The van der Waals surface area contributed by atoms with Crippen LogP contribution in [0.25, 0.3) is 0 Å². The lowest BCUT2D eigenvalue weighted by atomic mass is 10.2. The van der Waals surface area contributed by atoms with E-state index in [1.54, 1.807) is 0 Å². The molecule has 0 spiro atoms. The first-order valence-electron chi connectivity index (χ1n) is 5.66. The molecule has 2 saturated carbocycles. The van der Waals surface area contributed by atoms with Gasteiger partial charge in [0.2, 0.25) is 0 Å². The van der Waals surface area contributed by atoms with Gasteiger partial charge in [-0.25, -0.2) is 0 Å². The fourth-order valence-corrected chi connectivity index (χ4v) is 4.59. The molecule has 2 fully saturated rings. The lowest BCUT2D eigenvalue weighted by molar-refractivity contribution is -0.118. The van der Waals surface area contributed by atoms with Gasteiger partial charge in [-0.15, -0.1) is 0 Å². The molecule has 16 heavy (non-hydrogen) atoms. The molecule has 0 saturated heterocycles. The molecule has 0 N–H and O–H groups in total. The second kappa shape index (κ2) is 3.27. The first-order valence-corrected chi connectivity index (χ1v) is 6.81. The van der Waals surface area contributed by atoms with Gasteiger partial charge in [0.15, 0.2) is 5.78 Å². The number of Topliss-reactive ketones (excluding diaryl/α,β-unsaturated/α-hetero) is 1. The molecule has 1 unspecified atom stereocenters.